The zero-order valence-corrected chi connectivity index (χ0v) is 11.9. The first kappa shape index (κ1) is 14.3. The molecule has 4 nitrogen and oxygen atoms in total. The van der Waals surface area contributed by atoms with Gasteiger partial charge in [-0.15, -0.1) is 0 Å². The summed E-state index contributed by atoms with van der Waals surface area (Å²) in [5, 5.41) is 3.20. The highest BCUT2D eigenvalue weighted by Crippen LogP contribution is 2.16. The van der Waals surface area contributed by atoms with Gasteiger partial charge in [-0.25, -0.2) is 4.39 Å². The topological polar surface area (TPSA) is 62.0 Å². The Morgan fingerprint density at radius 2 is 1.95 bits per heavy atom. The number of benzene rings is 2. The van der Waals surface area contributed by atoms with Crippen LogP contribution in [0.15, 0.2) is 53.5 Å². The van der Waals surface area contributed by atoms with Crippen LogP contribution in [0.2, 0.25) is 5.02 Å². The SMILES string of the molecule is O=C(Nc1ccccc1F)c1c[nH]c2cc(Cl)ccc2c1=O. The monoisotopic (exact) mass is 316 g/mol. The number of nitrogens with one attached hydrogen (secondary N) is 2. The van der Waals surface area contributed by atoms with Crippen molar-refractivity contribution in [1.29, 1.82) is 0 Å². The Bertz CT molecular complexity index is 937. The molecule has 0 saturated carbocycles. The number of halogens is 2. The van der Waals surface area contributed by atoms with Crippen LogP contribution < -0.4 is 10.7 Å². The van der Waals surface area contributed by atoms with Crippen molar-refractivity contribution in [2.75, 3.05) is 5.32 Å². The third kappa shape index (κ3) is 2.58. The molecule has 1 amide bonds. The van der Waals surface area contributed by atoms with Gasteiger partial charge >= 0.3 is 0 Å². The zero-order chi connectivity index (χ0) is 15.7. The summed E-state index contributed by atoms with van der Waals surface area (Å²) in [5.41, 5.74) is 0.000348. The zero-order valence-electron chi connectivity index (χ0n) is 11.2. The Labute approximate surface area is 129 Å². The lowest BCUT2D eigenvalue weighted by atomic mass is 10.1. The Morgan fingerprint density at radius 1 is 1.18 bits per heavy atom. The van der Waals surface area contributed by atoms with Gasteiger partial charge in [-0.1, -0.05) is 23.7 Å². The van der Waals surface area contributed by atoms with Crippen LogP contribution in [-0.2, 0) is 0 Å². The molecule has 0 aliphatic carbocycles. The number of fused-ring (bicyclic) bond motifs is 1. The number of pyridine rings is 1. The summed E-state index contributed by atoms with van der Waals surface area (Å²) >= 11 is 5.86. The van der Waals surface area contributed by atoms with Gasteiger partial charge in [-0.3, -0.25) is 9.59 Å². The maximum atomic E-state index is 13.5. The molecule has 1 heterocycles. The molecule has 1 aromatic heterocycles. The Balaban J connectivity index is 2.01. The molecule has 0 bridgehead atoms. The lowest BCUT2D eigenvalue weighted by Gasteiger charge is -2.07. The van der Waals surface area contributed by atoms with E-state index >= 15 is 0 Å². The molecule has 2 N–H and O–H groups in total. The predicted molar refractivity (Wildman–Crippen MR) is 83.9 cm³/mol. The minimum absolute atomic E-state index is 0.0168. The molecule has 0 aliphatic heterocycles. The fraction of sp³-hybridized carbons (Fsp3) is 0. The lowest BCUT2D eigenvalue weighted by Crippen LogP contribution is -2.22. The highest BCUT2D eigenvalue weighted by atomic mass is 35.5. The van der Waals surface area contributed by atoms with Crippen molar-refractivity contribution in [3.05, 3.63) is 75.3 Å². The average Bonchev–Trinajstić information content (AvgIpc) is 2.49. The number of para-hydroxylation sites is 1. The first-order valence-corrected chi connectivity index (χ1v) is 6.81. The van der Waals surface area contributed by atoms with E-state index in [2.05, 4.69) is 10.3 Å². The van der Waals surface area contributed by atoms with Crippen LogP contribution in [-0.4, -0.2) is 10.9 Å². The van der Waals surface area contributed by atoms with E-state index in [9.17, 15) is 14.0 Å². The minimum Gasteiger partial charge on any atom is -0.360 e. The highest BCUT2D eigenvalue weighted by molar-refractivity contribution is 6.31. The van der Waals surface area contributed by atoms with E-state index in [1.165, 1.54) is 30.5 Å². The number of carbonyl (C=O) groups excluding carboxylic acids is 1. The smallest absolute Gasteiger partial charge is 0.261 e. The fourth-order valence-corrected chi connectivity index (χ4v) is 2.29. The second-order valence-corrected chi connectivity index (χ2v) is 5.09. The van der Waals surface area contributed by atoms with Crippen molar-refractivity contribution < 1.29 is 9.18 Å². The van der Waals surface area contributed by atoms with E-state index in [4.69, 9.17) is 11.6 Å². The van der Waals surface area contributed by atoms with Gasteiger partial charge in [0, 0.05) is 16.6 Å². The molecule has 110 valence electrons. The number of rotatable bonds is 2. The standard InChI is InChI=1S/C16H10ClFN2O2/c17-9-5-6-10-14(7-9)19-8-11(15(10)21)16(22)20-13-4-2-1-3-12(13)18/h1-8H,(H,19,21)(H,20,22). The number of carbonyl (C=O) groups is 1. The van der Waals surface area contributed by atoms with Crippen molar-refractivity contribution in [1.82, 2.24) is 4.98 Å². The first-order chi connectivity index (χ1) is 10.6. The largest absolute Gasteiger partial charge is 0.360 e. The van der Waals surface area contributed by atoms with Gasteiger partial charge < -0.3 is 10.3 Å². The summed E-state index contributed by atoms with van der Waals surface area (Å²) in [5.74, 6) is -1.25. The van der Waals surface area contributed by atoms with Crippen LogP contribution >= 0.6 is 11.6 Å². The van der Waals surface area contributed by atoms with E-state index in [0.29, 0.717) is 15.9 Å². The fourth-order valence-electron chi connectivity index (χ4n) is 2.12. The Morgan fingerprint density at radius 3 is 2.73 bits per heavy atom. The van der Waals surface area contributed by atoms with E-state index < -0.39 is 17.2 Å². The molecule has 2 aromatic carbocycles. The van der Waals surface area contributed by atoms with Crippen LogP contribution in [0, 0.1) is 5.82 Å². The van der Waals surface area contributed by atoms with Gasteiger partial charge in [-0.2, -0.15) is 0 Å². The molecule has 22 heavy (non-hydrogen) atoms. The molecule has 0 aliphatic rings. The van der Waals surface area contributed by atoms with Crippen molar-refractivity contribution in [3.63, 3.8) is 0 Å². The van der Waals surface area contributed by atoms with Gasteiger partial charge in [0.1, 0.15) is 11.4 Å². The summed E-state index contributed by atoms with van der Waals surface area (Å²) in [6.07, 6.45) is 1.29. The molecule has 0 fully saturated rings. The molecule has 0 unspecified atom stereocenters. The molecule has 0 radical (unpaired) electrons. The number of aromatic amines is 1. The Kier molecular flexibility index (Phi) is 3.65. The van der Waals surface area contributed by atoms with E-state index in [0.717, 1.165) is 0 Å². The molecule has 0 saturated heterocycles. The molecule has 3 aromatic rings. The van der Waals surface area contributed by atoms with Gasteiger partial charge in [0.2, 0.25) is 5.43 Å². The Hall–Kier alpha value is -2.66. The van der Waals surface area contributed by atoms with Crippen molar-refractivity contribution in [2.45, 2.75) is 0 Å². The second-order valence-electron chi connectivity index (χ2n) is 4.66. The molecule has 0 spiro atoms. The van der Waals surface area contributed by atoms with Gasteiger partial charge in [-0.05, 0) is 30.3 Å². The van der Waals surface area contributed by atoms with Crippen LogP contribution in [0.5, 0.6) is 0 Å². The van der Waals surface area contributed by atoms with Gasteiger partial charge in [0.25, 0.3) is 5.91 Å². The molecular weight excluding hydrogens is 307 g/mol. The maximum absolute atomic E-state index is 13.5. The quantitative estimate of drug-likeness (QED) is 0.759. The number of aromatic nitrogens is 1. The van der Waals surface area contributed by atoms with Crippen molar-refractivity contribution >= 4 is 34.1 Å². The second kappa shape index (κ2) is 5.61. The number of hydrogen-bond donors (Lipinski definition) is 2. The molecular formula is C16H10ClFN2O2. The maximum Gasteiger partial charge on any atom is 0.261 e. The minimum atomic E-state index is -0.678. The summed E-state index contributed by atoms with van der Waals surface area (Å²) in [6, 6.07) is 10.4. The first-order valence-electron chi connectivity index (χ1n) is 6.43. The van der Waals surface area contributed by atoms with Crippen LogP contribution in [0.4, 0.5) is 10.1 Å². The summed E-state index contributed by atoms with van der Waals surface area (Å²) < 4.78 is 13.5. The highest BCUT2D eigenvalue weighted by Gasteiger charge is 2.14. The van der Waals surface area contributed by atoms with Crippen molar-refractivity contribution in [2.24, 2.45) is 0 Å². The molecule has 6 heteroatoms. The predicted octanol–water partition coefficient (Wildman–Crippen LogP) is 3.57. The number of hydrogen-bond acceptors (Lipinski definition) is 2. The van der Waals surface area contributed by atoms with E-state index in [-0.39, 0.29) is 11.3 Å². The van der Waals surface area contributed by atoms with Crippen LogP contribution in [0.25, 0.3) is 10.9 Å². The van der Waals surface area contributed by atoms with E-state index in [1.54, 1.807) is 18.2 Å². The number of anilines is 1. The third-order valence-electron chi connectivity index (χ3n) is 3.21. The van der Waals surface area contributed by atoms with Crippen LogP contribution in [0.3, 0.4) is 0 Å². The average molecular weight is 317 g/mol. The van der Waals surface area contributed by atoms with E-state index in [1.807, 2.05) is 0 Å². The third-order valence-corrected chi connectivity index (χ3v) is 3.44. The summed E-state index contributed by atoms with van der Waals surface area (Å²) in [4.78, 5) is 27.4. The molecule has 3 rings (SSSR count). The molecule has 0 atom stereocenters. The number of H-pyrrole nitrogens is 1. The van der Waals surface area contributed by atoms with Crippen molar-refractivity contribution in [3.8, 4) is 0 Å². The lowest BCUT2D eigenvalue weighted by molar-refractivity contribution is 0.102. The normalized spacial score (nSPS) is 10.6. The summed E-state index contributed by atoms with van der Waals surface area (Å²) in [7, 11) is 0. The summed E-state index contributed by atoms with van der Waals surface area (Å²) in [6.45, 7) is 0. The number of amides is 1. The van der Waals surface area contributed by atoms with Gasteiger partial charge in [0.05, 0.1) is 11.2 Å². The van der Waals surface area contributed by atoms with Gasteiger partial charge in [0.15, 0.2) is 0 Å². The van der Waals surface area contributed by atoms with Crippen LogP contribution in [0.1, 0.15) is 10.4 Å².